The van der Waals surface area contributed by atoms with E-state index in [1.54, 1.807) is 29.4 Å². The van der Waals surface area contributed by atoms with Gasteiger partial charge in [-0.25, -0.2) is 0 Å². The van der Waals surface area contributed by atoms with Gasteiger partial charge in [-0.15, -0.1) is 0 Å². The molecule has 31 heavy (non-hydrogen) atoms. The van der Waals surface area contributed by atoms with Gasteiger partial charge in [-0.05, 0) is 57.0 Å². The first-order valence-electron chi connectivity index (χ1n) is 11.0. The van der Waals surface area contributed by atoms with Crippen molar-refractivity contribution >= 4 is 17.4 Å². The highest BCUT2D eigenvalue weighted by Crippen LogP contribution is 2.39. The SMILES string of the molecule is CC[NH+](CC)CCCN1C(=O)C(=O)C(=C(O)c2cc(C)ccc2C)[C@@H]1c1ccncc1. The van der Waals surface area contributed by atoms with Gasteiger partial charge < -0.3 is 14.9 Å². The highest BCUT2D eigenvalue weighted by atomic mass is 16.3. The average molecular weight is 423 g/mol. The Morgan fingerprint density at radius 3 is 2.42 bits per heavy atom. The van der Waals surface area contributed by atoms with Crippen molar-refractivity contribution in [2.75, 3.05) is 26.2 Å². The summed E-state index contributed by atoms with van der Waals surface area (Å²) in [7, 11) is 0. The number of amides is 1. The number of hydrogen-bond donors (Lipinski definition) is 2. The molecule has 6 nitrogen and oxygen atoms in total. The van der Waals surface area contributed by atoms with E-state index in [9.17, 15) is 14.7 Å². The van der Waals surface area contributed by atoms with Gasteiger partial charge in [0.05, 0.1) is 31.2 Å². The number of hydrogen-bond acceptors (Lipinski definition) is 4. The predicted octanol–water partition coefficient (Wildman–Crippen LogP) is 2.43. The number of pyridine rings is 1. The van der Waals surface area contributed by atoms with Gasteiger partial charge in [0.25, 0.3) is 11.7 Å². The number of nitrogens with one attached hydrogen (secondary N) is 1. The lowest BCUT2D eigenvalue weighted by molar-refractivity contribution is -0.896. The maximum absolute atomic E-state index is 13.1. The highest BCUT2D eigenvalue weighted by Gasteiger charge is 2.46. The molecule has 6 heteroatoms. The van der Waals surface area contributed by atoms with Gasteiger partial charge in [0.15, 0.2) is 0 Å². The number of aromatic nitrogens is 1. The second-order valence-electron chi connectivity index (χ2n) is 8.15. The zero-order chi connectivity index (χ0) is 22.5. The summed E-state index contributed by atoms with van der Waals surface area (Å²) in [6.45, 7) is 11.5. The Kier molecular flexibility index (Phi) is 7.23. The number of aliphatic hydroxyl groups is 1. The first-order chi connectivity index (χ1) is 14.9. The topological polar surface area (TPSA) is 74.9 Å². The first kappa shape index (κ1) is 22.7. The molecule has 1 saturated heterocycles. The van der Waals surface area contributed by atoms with Crippen LogP contribution in [0.3, 0.4) is 0 Å². The third-order valence-electron chi connectivity index (χ3n) is 6.14. The van der Waals surface area contributed by atoms with Crippen molar-refractivity contribution in [2.45, 2.75) is 40.2 Å². The van der Waals surface area contributed by atoms with E-state index in [0.29, 0.717) is 12.1 Å². The molecule has 164 valence electrons. The lowest BCUT2D eigenvalue weighted by Crippen LogP contribution is -3.11. The molecule has 2 aromatic rings. The molecule has 0 radical (unpaired) electrons. The van der Waals surface area contributed by atoms with Crippen LogP contribution < -0.4 is 4.90 Å². The van der Waals surface area contributed by atoms with E-state index in [1.165, 1.54) is 4.90 Å². The third-order valence-corrected chi connectivity index (χ3v) is 6.14. The molecule has 0 saturated carbocycles. The van der Waals surface area contributed by atoms with Crippen molar-refractivity contribution in [2.24, 2.45) is 0 Å². The normalized spacial score (nSPS) is 18.2. The summed E-state index contributed by atoms with van der Waals surface area (Å²) in [6, 6.07) is 8.71. The number of rotatable bonds is 8. The quantitative estimate of drug-likeness (QED) is 0.389. The van der Waals surface area contributed by atoms with Crippen LogP contribution in [0.1, 0.15) is 48.6 Å². The second kappa shape index (κ2) is 9.88. The van der Waals surface area contributed by atoms with Gasteiger partial charge in [-0.3, -0.25) is 14.6 Å². The fraction of sp³-hybridized carbons (Fsp3) is 0.400. The molecule has 0 aliphatic carbocycles. The minimum atomic E-state index is -0.629. The van der Waals surface area contributed by atoms with Crippen LogP contribution in [0, 0.1) is 13.8 Å². The number of Topliss-reactive ketones (excluding diaryl/α,β-unsaturated/α-hetero) is 1. The van der Waals surface area contributed by atoms with Crippen LogP contribution in [-0.2, 0) is 9.59 Å². The van der Waals surface area contributed by atoms with E-state index in [-0.39, 0.29) is 11.3 Å². The highest BCUT2D eigenvalue weighted by molar-refractivity contribution is 6.46. The lowest BCUT2D eigenvalue weighted by atomic mass is 9.93. The number of aliphatic hydroxyl groups excluding tert-OH is 1. The van der Waals surface area contributed by atoms with Crippen molar-refractivity contribution in [1.29, 1.82) is 0 Å². The number of ketones is 1. The second-order valence-corrected chi connectivity index (χ2v) is 8.15. The van der Waals surface area contributed by atoms with Gasteiger partial charge in [0.2, 0.25) is 0 Å². The Hall–Kier alpha value is -2.99. The van der Waals surface area contributed by atoms with E-state index in [2.05, 4.69) is 18.8 Å². The van der Waals surface area contributed by atoms with Crippen LogP contribution in [0.2, 0.25) is 0 Å². The summed E-state index contributed by atoms with van der Waals surface area (Å²) in [5.41, 5.74) is 3.35. The van der Waals surface area contributed by atoms with Crippen molar-refractivity contribution in [3.63, 3.8) is 0 Å². The molecule has 0 bridgehead atoms. The molecule has 1 aliphatic rings. The number of carbonyl (C=O) groups excluding carboxylic acids is 2. The number of quaternary nitrogens is 1. The molecule has 3 rings (SSSR count). The lowest BCUT2D eigenvalue weighted by Gasteiger charge is -2.26. The van der Waals surface area contributed by atoms with Crippen LogP contribution in [0.5, 0.6) is 0 Å². The maximum atomic E-state index is 13.1. The minimum Gasteiger partial charge on any atom is -0.507 e. The fourth-order valence-electron chi connectivity index (χ4n) is 4.24. The number of aryl methyl sites for hydroxylation is 2. The third kappa shape index (κ3) is 4.69. The summed E-state index contributed by atoms with van der Waals surface area (Å²) >= 11 is 0. The Balaban J connectivity index is 2.04. The van der Waals surface area contributed by atoms with E-state index < -0.39 is 17.7 Å². The van der Waals surface area contributed by atoms with Crippen LogP contribution in [-0.4, -0.2) is 52.9 Å². The van der Waals surface area contributed by atoms with Gasteiger partial charge in [0.1, 0.15) is 5.76 Å². The van der Waals surface area contributed by atoms with E-state index in [0.717, 1.165) is 42.7 Å². The average Bonchev–Trinajstić information content (AvgIpc) is 3.03. The Labute approximate surface area is 184 Å². The molecule has 2 heterocycles. The molecule has 1 fully saturated rings. The Morgan fingerprint density at radius 1 is 1.10 bits per heavy atom. The van der Waals surface area contributed by atoms with Crippen LogP contribution >= 0.6 is 0 Å². The number of nitrogens with zero attached hydrogens (tertiary/aromatic N) is 2. The van der Waals surface area contributed by atoms with Crippen molar-refractivity contribution in [3.8, 4) is 0 Å². The van der Waals surface area contributed by atoms with E-state index in [1.807, 2.05) is 32.0 Å². The maximum Gasteiger partial charge on any atom is 0.295 e. The molecular formula is C25H32N3O3+. The number of carbonyl (C=O) groups is 2. The van der Waals surface area contributed by atoms with E-state index in [4.69, 9.17) is 0 Å². The molecule has 0 unspecified atom stereocenters. The smallest absolute Gasteiger partial charge is 0.295 e. The molecule has 0 spiro atoms. The molecule has 1 amide bonds. The molecule has 1 aliphatic heterocycles. The molecule has 1 aromatic carbocycles. The zero-order valence-corrected chi connectivity index (χ0v) is 18.8. The Morgan fingerprint density at radius 2 is 1.77 bits per heavy atom. The van der Waals surface area contributed by atoms with Crippen molar-refractivity contribution in [1.82, 2.24) is 9.88 Å². The summed E-state index contributed by atoms with van der Waals surface area (Å²) in [5, 5.41) is 11.2. The van der Waals surface area contributed by atoms with Crippen molar-refractivity contribution < 1.29 is 19.6 Å². The monoisotopic (exact) mass is 422 g/mol. The van der Waals surface area contributed by atoms with Gasteiger partial charge in [-0.2, -0.15) is 0 Å². The first-order valence-corrected chi connectivity index (χ1v) is 11.0. The van der Waals surface area contributed by atoms with Crippen LogP contribution in [0.15, 0.2) is 48.3 Å². The van der Waals surface area contributed by atoms with Gasteiger partial charge >= 0.3 is 0 Å². The molecule has 1 atom stereocenters. The predicted molar refractivity (Wildman–Crippen MR) is 121 cm³/mol. The van der Waals surface area contributed by atoms with Crippen LogP contribution in [0.25, 0.3) is 5.76 Å². The summed E-state index contributed by atoms with van der Waals surface area (Å²) in [5.74, 6) is -1.29. The fourth-order valence-corrected chi connectivity index (χ4v) is 4.24. The molecule has 2 N–H and O–H groups in total. The van der Waals surface area contributed by atoms with E-state index >= 15 is 0 Å². The standard InChI is InChI=1S/C25H31N3O3/c1-5-27(6-2)14-7-15-28-22(19-10-12-26-13-11-19)21(24(30)25(28)31)23(29)20-16-17(3)8-9-18(20)4/h8-13,16,22,29H,5-7,14-15H2,1-4H3/p+1/t22-/m0/s1. The van der Waals surface area contributed by atoms with Gasteiger partial charge in [0, 0.05) is 30.9 Å². The largest absolute Gasteiger partial charge is 0.507 e. The van der Waals surface area contributed by atoms with Crippen LogP contribution in [0.4, 0.5) is 0 Å². The summed E-state index contributed by atoms with van der Waals surface area (Å²) in [4.78, 5) is 33.2. The Bertz CT molecular complexity index is 981. The number of likely N-dealkylation sites (tertiary alicyclic amines) is 1. The minimum absolute atomic E-state index is 0.113. The molecular weight excluding hydrogens is 390 g/mol. The molecule has 1 aromatic heterocycles. The summed E-state index contributed by atoms with van der Waals surface area (Å²) in [6.07, 6.45) is 4.08. The number of benzene rings is 1. The zero-order valence-electron chi connectivity index (χ0n) is 18.8. The van der Waals surface area contributed by atoms with Gasteiger partial charge in [-0.1, -0.05) is 17.7 Å². The van der Waals surface area contributed by atoms with Crippen molar-refractivity contribution in [3.05, 3.63) is 70.6 Å². The summed E-state index contributed by atoms with van der Waals surface area (Å²) < 4.78 is 0.